The van der Waals surface area contributed by atoms with E-state index in [2.05, 4.69) is 17.1 Å². The van der Waals surface area contributed by atoms with Crippen LogP contribution in [0, 0.1) is 11.8 Å². The van der Waals surface area contributed by atoms with Crippen molar-refractivity contribution in [1.29, 1.82) is 0 Å². The first kappa shape index (κ1) is 14.3. The highest BCUT2D eigenvalue weighted by Gasteiger charge is 2.42. The maximum Gasteiger partial charge on any atom is 0.150 e. The average molecular weight is 274 g/mol. The molecule has 2 aliphatic heterocycles. The Morgan fingerprint density at radius 3 is 2.72 bits per heavy atom. The lowest BCUT2D eigenvalue weighted by atomic mass is 9.93. The van der Waals surface area contributed by atoms with Gasteiger partial charge in [0, 0.05) is 18.3 Å². The molecule has 1 N–H and O–H groups in total. The Hall–Kier alpha value is -0.130. The minimum absolute atomic E-state index is 0.277. The topological polar surface area (TPSA) is 49.4 Å². The van der Waals surface area contributed by atoms with Crippen molar-refractivity contribution in [3.05, 3.63) is 0 Å². The number of rotatable bonds is 6. The molecule has 0 radical (unpaired) electrons. The first-order valence-corrected chi connectivity index (χ1v) is 9.04. The number of hydrogen-bond donors (Lipinski definition) is 1. The molecule has 106 valence electrons. The summed E-state index contributed by atoms with van der Waals surface area (Å²) in [5.74, 6) is 2.21. The summed E-state index contributed by atoms with van der Waals surface area (Å²) >= 11 is 0. The van der Waals surface area contributed by atoms with Crippen molar-refractivity contribution in [2.45, 2.75) is 32.7 Å². The second kappa shape index (κ2) is 5.88. The Balaban J connectivity index is 1.83. The minimum Gasteiger partial charge on any atom is -0.316 e. The average Bonchev–Trinajstić information content (AvgIpc) is 2.88. The number of hydrogen-bond acceptors (Lipinski definition) is 4. The third-order valence-electron chi connectivity index (χ3n) is 4.58. The predicted molar refractivity (Wildman–Crippen MR) is 74.4 cm³/mol. The largest absolute Gasteiger partial charge is 0.316 e. The van der Waals surface area contributed by atoms with Crippen LogP contribution in [-0.4, -0.2) is 57.0 Å². The van der Waals surface area contributed by atoms with E-state index in [4.69, 9.17) is 0 Å². The van der Waals surface area contributed by atoms with E-state index in [1.54, 1.807) is 6.92 Å². The van der Waals surface area contributed by atoms with Crippen molar-refractivity contribution in [3.8, 4) is 0 Å². The molecule has 0 aromatic rings. The van der Waals surface area contributed by atoms with Gasteiger partial charge in [-0.3, -0.25) is 4.90 Å². The van der Waals surface area contributed by atoms with Crippen LogP contribution in [0.5, 0.6) is 0 Å². The number of nitrogens with zero attached hydrogens (tertiary/aromatic N) is 1. The third-order valence-corrected chi connectivity index (χ3v) is 6.37. The van der Waals surface area contributed by atoms with Gasteiger partial charge in [0.05, 0.1) is 5.75 Å². The van der Waals surface area contributed by atoms with Gasteiger partial charge in [0.2, 0.25) is 0 Å². The molecule has 3 atom stereocenters. The quantitative estimate of drug-likeness (QED) is 0.776. The number of fused-ring (bicyclic) bond motifs is 1. The second-order valence-corrected chi connectivity index (χ2v) is 8.12. The zero-order valence-electron chi connectivity index (χ0n) is 11.6. The molecule has 0 saturated carbocycles. The van der Waals surface area contributed by atoms with E-state index in [0.717, 1.165) is 44.4 Å². The summed E-state index contributed by atoms with van der Waals surface area (Å²) in [6, 6.07) is 0.661. The first-order chi connectivity index (χ1) is 8.57. The number of sulfone groups is 1. The lowest BCUT2D eigenvalue weighted by Crippen LogP contribution is -2.36. The van der Waals surface area contributed by atoms with Gasteiger partial charge in [-0.1, -0.05) is 13.8 Å². The summed E-state index contributed by atoms with van der Waals surface area (Å²) in [6.45, 7) is 8.38. The van der Waals surface area contributed by atoms with Crippen molar-refractivity contribution < 1.29 is 8.42 Å². The van der Waals surface area contributed by atoms with E-state index >= 15 is 0 Å². The minimum atomic E-state index is -2.79. The Kier molecular flexibility index (Phi) is 4.67. The molecule has 0 aromatic carbocycles. The van der Waals surface area contributed by atoms with Crippen LogP contribution >= 0.6 is 0 Å². The molecular weight excluding hydrogens is 248 g/mol. The molecule has 18 heavy (non-hydrogen) atoms. The van der Waals surface area contributed by atoms with Crippen LogP contribution in [0.2, 0.25) is 0 Å². The molecule has 0 spiro atoms. The Bertz CT molecular complexity index is 369. The van der Waals surface area contributed by atoms with Gasteiger partial charge in [0.1, 0.15) is 9.84 Å². The Morgan fingerprint density at radius 2 is 2.06 bits per heavy atom. The number of likely N-dealkylation sites (tertiary alicyclic amines) is 1. The lowest BCUT2D eigenvalue weighted by Gasteiger charge is -2.26. The molecule has 2 aliphatic rings. The molecule has 2 heterocycles. The van der Waals surface area contributed by atoms with Crippen LogP contribution in [0.4, 0.5) is 0 Å². The lowest BCUT2D eigenvalue weighted by molar-refractivity contribution is 0.219. The van der Waals surface area contributed by atoms with Crippen molar-refractivity contribution in [3.63, 3.8) is 0 Å². The van der Waals surface area contributed by atoms with Crippen molar-refractivity contribution in [1.82, 2.24) is 10.2 Å². The fourth-order valence-corrected chi connectivity index (χ4v) is 4.42. The monoisotopic (exact) mass is 274 g/mol. The Labute approximate surface area is 111 Å². The van der Waals surface area contributed by atoms with E-state index in [9.17, 15) is 8.42 Å². The number of nitrogens with one attached hydrogen (secondary N) is 1. The fourth-order valence-electron chi connectivity index (χ4n) is 3.56. The van der Waals surface area contributed by atoms with E-state index in [-0.39, 0.29) is 5.75 Å². The van der Waals surface area contributed by atoms with Crippen LogP contribution in [0.3, 0.4) is 0 Å². The molecule has 0 bridgehead atoms. The van der Waals surface area contributed by atoms with Gasteiger partial charge >= 0.3 is 0 Å². The molecule has 4 nitrogen and oxygen atoms in total. The molecule has 5 heteroatoms. The summed E-state index contributed by atoms with van der Waals surface area (Å²) in [4.78, 5) is 2.53. The second-order valence-electron chi connectivity index (χ2n) is 5.64. The molecule has 0 amide bonds. The van der Waals surface area contributed by atoms with Gasteiger partial charge in [-0.25, -0.2) is 8.42 Å². The van der Waals surface area contributed by atoms with E-state index < -0.39 is 9.84 Å². The summed E-state index contributed by atoms with van der Waals surface area (Å²) < 4.78 is 23.0. The van der Waals surface area contributed by atoms with Crippen LogP contribution in [-0.2, 0) is 9.84 Å². The van der Waals surface area contributed by atoms with Crippen molar-refractivity contribution in [2.75, 3.05) is 37.7 Å². The van der Waals surface area contributed by atoms with Crippen LogP contribution < -0.4 is 5.32 Å². The van der Waals surface area contributed by atoms with Crippen molar-refractivity contribution >= 4 is 9.84 Å². The molecule has 2 rings (SSSR count). The normalized spacial score (nSPS) is 32.9. The predicted octanol–water partition coefficient (Wildman–Crippen LogP) is 0.741. The molecule has 2 saturated heterocycles. The Morgan fingerprint density at radius 1 is 1.28 bits per heavy atom. The highest BCUT2D eigenvalue weighted by molar-refractivity contribution is 7.91. The summed E-state index contributed by atoms with van der Waals surface area (Å²) in [5, 5.41) is 3.48. The van der Waals surface area contributed by atoms with Gasteiger partial charge in [-0.2, -0.15) is 0 Å². The van der Waals surface area contributed by atoms with Gasteiger partial charge in [-0.15, -0.1) is 0 Å². The molecular formula is C13H26N2O2S. The van der Waals surface area contributed by atoms with Crippen molar-refractivity contribution in [2.24, 2.45) is 11.8 Å². The third kappa shape index (κ3) is 3.06. The highest BCUT2D eigenvalue weighted by Crippen LogP contribution is 2.34. The summed E-state index contributed by atoms with van der Waals surface area (Å²) in [6.07, 6.45) is 1.98. The SMILES string of the molecule is CCC1C2CNCC2CN1CCCS(=O)(=O)CC. The van der Waals surface area contributed by atoms with Gasteiger partial charge in [0.25, 0.3) is 0 Å². The maximum atomic E-state index is 11.5. The van der Waals surface area contributed by atoms with Crippen LogP contribution in [0.15, 0.2) is 0 Å². The van der Waals surface area contributed by atoms with Gasteiger partial charge < -0.3 is 5.32 Å². The fraction of sp³-hybridized carbons (Fsp3) is 1.00. The standard InChI is InChI=1S/C13H26N2O2S/c1-3-13-12-9-14-8-11(12)10-15(13)6-5-7-18(16,17)4-2/h11-14H,3-10H2,1-2H3. The zero-order chi connectivity index (χ0) is 13.2. The maximum absolute atomic E-state index is 11.5. The molecule has 0 aliphatic carbocycles. The molecule has 3 unspecified atom stereocenters. The van der Waals surface area contributed by atoms with Gasteiger partial charge in [-0.05, 0) is 44.3 Å². The van der Waals surface area contributed by atoms with Gasteiger partial charge in [0.15, 0.2) is 0 Å². The zero-order valence-corrected chi connectivity index (χ0v) is 12.4. The molecule has 2 fully saturated rings. The van der Waals surface area contributed by atoms with E-state index in [1.165, 1.54) is 6.42 Å². The smallest absolute Gasteiger partial charge is 0.150 e. The summed E-state index contributed by atoms with van der Waals surface area (Å²) in [7, 11) is -2.79. The van der Waals surface area contributed by atoms with E-state index in [0.29, 0.717) is 11.8 Å². The first-order valence-electron chi connectivity index (χ1n) is 7.22. The van der Waals surface area contributed by atoms with Crippen LogP contribution in [0.1, 0.15) is 26.7 Å². The van der Waals surface area contributed by atoms with E-state index in [1.807, 2.05) is 0 Å². The molecule has 0 aromatic heterocycles. The summed E-state index contributed by atoms with van der Waals surface area (Å²) in [5.41, 5.74) is 0. The van der Waals surface area contributed by atoms with Crippen LogP contribution in [0.25, 0.3) is 0 Å². The highest BCUT2D eigenvalue weighted by atomic mass is 32.2.